The third-order valence-electron chi connectivity index (χ3n) is 2.56. The van der Waals surface area contributed by atoms with E-state index < -0.39 is 17.7 Å². The monoisotopic (exact) mass is 224 g/mol. The first-order chi connectivity index (χ1) is 7.39. The maximum atomic E-state index is 11.6. The van der Waals surface area contributed by atoms with Crippen molar-refractivity contribution in [1.29, 1.82) is 0 Å². The van der Waals surface area contributed by atoms with Gasteiger partial charge in [0.15, 0.2) is 0 Å². The second-order valence-electron chi connectivity index (χ2n) is 4.10. The molecule has 0 radical (unpaired) electrons. The molecule has 1 saturated heterocycles. The predicted octanol–water partition coefficient (Wildman–Crippen LogP) is 1.08. The molecule has 0 spiro atoms. The minimum atomic E-state index is -1.55. The van der Waals surface area contributed by atoms with Crippen molar-refractivity contribution in [2.24, 2.45) is 5.92 Å². The number of carbonyl (C=O) groups excluding carboxylic acids is 1. The molecule has 86 valence electrons. The van der Waals surface area contributed by atoms with E-state index in [0.717, 1.165) is 6.08 Å². The highest BCUT2D eigenvalue weighted by Gasteiger charge is 2.41. The maximum absolute atomic E-state index is 11.6. The second-order valence-corrected chi connectivity index (χ2v) is 4.10. The van der Waals surface area contributed by atoms with Crippen molar-refractivity contribution in [3.8, 4) is 0 Å². The average molecular weight is 224 g/mol. The topological polar surface area (TPSA) is 87.0 Å². The van der Waals surface area contributed by atoms with E-state index in [1.165, 1.54) is 13.0 Å². The average Bonchev–Trinajstić information content (AvgIpc) is 2.23. The van der Waals surface area contributed by atoms with Gasteiger partial charge in [-0.15, -0.1) is 0 Å². The number of hydrogen-bond donors (Lipinski definition) is 3. The second kappa shape index (κ2) is 3.38. The van der Waals surface area contributed by atoms with Gasteiger partial charge in [-0.05, 0) is 6.08 Å². The molecule has 2 aliphatic rings. The normalized spacial score (nSPS) is 34.0. The fourth-order valence-electron chi connectivity index (χ4n) is 1.90. The summed E-state index contributed by atoms with van der Waals surface area (Å²) in [4.78, 5) is 11.6. The van der Waals surface area contributed by atoms with Crippen molar-refractivity contribution in [3.05, 3.63) is 35.3 Å². The molecule has 5 heteroatoms. The van der Waals surface area contributed by atoms with Crippen molar-refractivity contribution in [1.82, 2.24) is 0 Å². The van der Waals surface area contributed by atoms with Crippen LogP contribution in [0.4, 0.5) is 0 Å². The van der Waals surface area contributed by atoms with E-state index in [0.29, 0.717) is 0 Å². The van der Waals surface area contributed by atoms with Crippen LogP contribution in [0.25, 0.3) is 0 Å². The van der Waals surface area contributed by atoms with Crippen LogP contribution in [0.15, 0.2) is 35.3 Å². The zero-order chi connectivity index (χ0) is 11.9. The lowest BCUT2D eigenvalue weighted by atomic mass is 9.88. The molecule has 0 amide bonds. The van der Waals surface area contributed by atoms with Gasteiger partial charge in [0.05, 0.1) is 5.57 Å². The Hall–Kier alpha value is -1.75. The van der Waals surface area contributed by atoms with Gasteiger partial charge in [-0.1, -0.05) is 6.08 Å². The van der Waals surface area contributed by atoms with Gasteiger partial charge in [0, 0.05) is 25.3 Å². The quantitative estimate of drug-likeness (QED) is 0.536. The molecule has 0 bridgehead atoms. The Kier molecular flexibility index (Phi) is 2.27. The Labute approximate surface area is 92.0 Å². The molecule has 2 unspecified atom stereocenters. The minimum absolute atomic E-state index is 0.0619. The molecule has 0 aromatic heterocycles. The lowest BCUT2D eigenvalue weighted by Crippen LogP contribution is -2.41. The maximum Gasteiger partial charge on any atom is 0.340 e. The summed E-state index contributed by atoms with van der Waals surface area (Å²) in [5.41, 5.74) is 0.0619. The van der Waals surface area contributed by atoms with E-state index in [2.05, 4.69) is 0 Å². The Balaban J connectivity index is 2.46. The molecular formula is C11H12O5. The highest BCUT2D eigenvalue weighted by Crippen LogP contribution is 2.35. The molecule has 5 nitrogen and oxygen atoms in total. The number of aliphatic hydroxyl groups excluding tert-OH is 2. The number of hydrogen-bond acceptors (Lipinski definition) is 5. The van der Waals surface area contributed by atoms with Crippen LogP contribution in [0.5, 0.6) is 0 Å². The van der Waals surface area contributed by atoms with Crippen molar-refractivity contribution >= 4 is 5.97 Å². The highest BCUT2D eigenvalue weighted by atomic mass is 16.7. The fourth-order valence-corrected chi connectivity index (χ4v) is 1.90. The molecular weight excluding hydrogens is 212 g/mol. The summed E-state index contributed by atoms with van der Waals surface area (Å²) in [6.45, 7) is 1.38. The summed E-state index contributed by atoms with van der Waals surface area (Å²) in [6, 6.07) is 0. The standard InChI is InChI=1S/C11H12O5/c1-11(15)5-6-2-3-7(12)4-8(13)9(6)10(14)16-11/h2-4,6,12-13,15H,5H2,1H3. The van der Waals surface area contributed by atoms with Crippen LogP contribution in [-0.2, 0) is 9.53 Å². The fraction of sp³-hybridized carbons (Fsp3) is 0.364. The molecule has 0 aromatic carbocycles. The van der Waals surface area contributed by atoms with Crippen LogP contribution in [0.2, 0.25) is 0 Å². The van der Waals surface area contributed by atoms with Crippen molar-refractivity contribution in [3.63, 3.8) is 0 Å². The Morgan fingerprint density at radius 1 is 1.50 bits per heavy atom. The number of cyclic esters (lactones) is 1. The van der Waals surface area contributed by atoms with Crippen LogP contribution >= 0.6 is 0 Å². The zero-order valence-corrected chi connectivity index (χ0v) is 8.67. The van der Waals surface area contributed by atoms with E-state index in [1.54, 1.807) is 6.08 Å². The first-order valence-electron chi connectivity index (χ1n) is 4.87. The smallest absolute Gasteiger partial charge is 0.340 e. The predicted molar refractivity (Wildman–Crippen MR) is 54.3 cm³/mol. The minimum Gasteiger partial charge on any atom is -0.508 e. The molecule has 1 aliphatic carbocycles. The molecule has 0 aromatic rings. The van der Waals surface area contributed by atoms with Gasteiger partial charge in [0.25, 0.3) is 0 Å². The number of ether oxygens (including phenoxy) is 1. The summed E-state index contributed by atoms with van der Waals surface area (Å²) < 4.78 is 4.76. The first-order valence-corrected chi connectivity index (χ1v) is 4.87. The number of aliphatic hydroxyl groups is 3. The van der Waals surface area contributed by atoms with Gasteiger partial charge < -0.3 is 20.1 Å². The molecule has 1 heterocycles. The molecule has 1 fully saturated rings. The lowest BCUT2D eigenvalue weighted by molar-refractivity contribution is -0.211. The summed E-state index contributed by atoms with van der Waals surface area (Å²) in [7, 11) is 0. The Morgan fingerprint density at radius 2 is 2.19 bits per heavy atom. The molecule has 16 heavy (non-hydrogen) atoms. The highest BCUT2D eigenvalue weighted by molar-refractivity contribution is 5.91. The van der Waals surface area contributed by atoms with Gasteiger partial charge in [0.2, 0.25) is 5.79 Å². The summed E-state index contributed by atoms with van der Waals surface area (Å²) in [6.07, 6.45) is 4.16. The van der Waals surface area contributed by atoms with E-state index >= 15 is 0 Å². The summed E-state index contributed by atoms with van der Waals surface area (Å²) in [5.74, 6) is -3.25. The molecule has 3 N–H and O–H groups in total. The van der Waals surface area contributed by atoms with E-state index in [9.17, 15) is 20.1 Å². The van der Waals surface area contributed by atoms with Gasteiger partial charge in [-0.3, -0.25) is 0 Å². The number of rotatable bonds is 0. The van der Waals surface area contributed by atoms with Crippen molar-refractivity contribution in [2.45, 2.75) is 19.1 Å². The molecule has 2 atom stereocenters. The Morgan fingerprint density at radius 3 is 2.88 bits per heavy atom. The van der Waals surface area contributed by atoms with Crippen LogP contribution in [0.3, 0.4) is 0 Å². The van der Waals surface area contributed by atoms with Gasteiger partial charge in [-0.2, -0.15) is 0 Å². The summed E-state index contributed by atoms with van der Waals surface area (Å²) in [5, 5.41) is 28.6. The van der Waals surface area contributed by atoms with Crippen molar-refractivity contribution in [2.75, 3.05) is 0 Å². The van der Waals surface area contributed by atoms with E-state index in [1.807, 2.05) is 0 Å². The van der Waals surface area contributed by atoms with Crippen LogP contribution in [0, 0.1) is 5.92 Å². The summed E-state index contributed by atoms with van der Waals surface area (Å²) >= 11 is 0. The SMILES string of the molecule is CC1(O)CC2C=CC(O)=CC(O)=C2C(=O)O1. The number of fused-ring (bicyclic) bond motifs is 1. The third kappa shape index (κ3) is 1.81. The zero-order valence-electron chi connectivity index (χ0n) is 8.67. The van der Waals surface area contributed by atoms with Crippen LogP contribution in [0.1, 0.15) is 13.3 Å². The van der Waals surface area contributed by atoms with Gasteiger partial charge >= 0.3 is 5.97 Å². The van der Waals surface area contributed by atoms with E-state index in [4.69, 9.17) is 4.74 Å². The first kappa shape index (κ1) is 10.8. The third-order valence-corrected chi connectivity index (χ3v) is 2.56. The van der Waals surface area contributed by atoms with Crippen LogP contribution < -0.4 is 0 Å². The number of allylic oxidation sites excluding steroid dienone is 3. The van der Waals surface area contributed by atoms with Gasteiger partial charge in [0.1, 0.15) is 11.5 Å². The number of esters is 1. The lowest BCUT2D eigenvalue weighted by Gasteiger charge is -2.33. The largest absolute Gasteiger partial charge is 0.508 e. The Bertz CT molecular complexity index is 428. The molecule has 0 saturated carbocycles. The molecule has 2 rings (SSSR count). The van der Waals surface area contributed by atoms with E-state index in [-0.39, 0.29) is 23.5 Å². The number of carbonyl (C=O) groups is 1. The molecule has 1 aliphatic heterocycles. The van der Waals surface area contributed by atoms with Crippen LogP contribution in [-0.4, -0.2) is 27.1 Å². The van der Waals surface area contributed by atoms with Crippen molar-refractivity contribution < 1.29 is 24.9 Å². The van der Waals surface area contributed by atoms with Gasteiger partial charge in [-0.25, -0.2) is 4.79 Å².